The zero-order valence-electron chi connectivity index (χ0n) is 25.6. The van der Waals surface area contributed by atoms with E-state index in [1.807, 2.05) is 0 Å². The minimum atomic E-state index is -0.369. The average Bonchev–Trinajstić information content (AvgIpc) is 3.32. The standard InChI is InChI=1S/C35H54N2O4/c1-23(9-12-32(41)37-17-15-36(16-18-37)22-24-7-5-4-6-8-24)27-10-11-28-33-29(21-31(40)35(27,28)3)34(2)14-13-26(38)19-25(34)20-30(33)39/h4-8,23,25-31,33,38-40H,9-22H2,1-3H3. The van der Waals surface area contributed by atoms with E-state index in [4.69, 9.17) is 0 Å². The molecule has 0 aromatic heterocycles. The molecule has 0 bridgehead atoms. The summed E-state index contributed by atoms with van der Waals surface area (Å²) >= 11 is 0. The summed E-state index contributed by atoms with van der Waals surface area (Å²) in [5, 5.41) is 33.7. The van der Waals surface area contributed by atoms with Crippen LogP contribution in [0.15, 0.2) is 30.3 Å². The smallest absolute Gasteiger partial charge is 0.222 e. The molecule has 6 rings (SSSR count). The number of amides is 1. The molecule has 1 saturated heterocycles. The van der Waals surface area contributed by atoms with Gasteiger partial charge < -0.3 is 20.2 Å². The summed E-state index contributed by atoms with van der Waals surface area (Å²) in [4.78, 5) is 17.7. The summed E-state index contributed by atoms with van der Waals surface area (Å²) in [5.41, 5.74) is 1.23. The lowest BCUT2D eigenvalue weighted by Crippen LogP contribution is -2.62. The molecule has 41 heavy (non-hydrogen) atoms. The summed E-state index contributed by atoms with van der Waals surface area (Å²) in [5.74, 6) is 2.27. The Morgan fingerprint density at radius 1 is 0.951 bits per heavy atom. The van der Waals surface area contributed by atoms with E-state index in [0.717, 1.165) is 84.1 Å². The lowest BCUT2D eigenvalue weighted by Gasteiger charge is -2.63. The molecule has 6 nitrogen and oxygen atoms in total. The van der Waals surface area contributed by atoms with Gasteiger partial charge in [0, 0.05) is 39.1 Å². The van der Waals surface area contributed by atoms with Crippen LogP contribution in [0.2, 0.25) is 0 Å². The van der Waals surface area contributed by atoms with E-state index >= 15 is 0 Å². The number of fused-ring (bicyclic) bond motifs is 5. The molecule has 5 aliphatic rings. The van der Waals surface area contributed by atoms with E-state index in [2.05, 4.69) is 60.9 Å². The number of hydrogen-bond donors (Lipinski definition) is 3. The number of carbonyl (C=O) groups is 1. The van der Waals surface area contributed by atoms with Crippen molar-refractivity contribution in [2.24, 2.45) is 46.3 Å². The maximum Gasteiger partial charge on any atom is 0.222 e. The number of aliphatic hydroxyl groups is 3. The van der Waals surface area contributed by atoms with Gasteiger partial charge in [0.15, 0.2) is 0 Å². The van der Waals surface area contributed by atoms with Crippen LogP contribution in [0.25, 0.3) is 0 Å². The highest BCUT2D eigenvalue weighted by Crippen LogP contribution is 2.68. The Balaban J connectivity index is 1.05. The number of aliphatic hydroxyl groups excluding tert-OH is 3. The van der Waals surface area contributed by atoms with Crippen molar-refractivity contribution in [2.75, 3.05) is 26.2 Å². The van der Waals surface area contributed by atoms with Gasteiger partial charge in [-0.1, -0.05) is 51.1 Å². The van der Waals surface area contributed by atoms with Crippen molar-refractivity contribution in [1.82, 2.24) is 9.80 Å². The Labute approximate surface area is 247 Å². The summed E-state index contributed by atoms with van der Waals surface area (Å²) in [6, 6.07) is 10.6. The highest BCUT2D eigenvalue weighted by atomic mass is 16.3. The van der Waals surface area contributed by atoms with E-state index in [9.17, 15) is 20.1 Å². The normalized spacial score (nSPS) is 43.6. The lowest BCUT2D eigenvalue weighted by atomic mass is 9.43. The third-order valence-electron chi connectivity index (χ3n) is 13.3. The first-order chi connectivity index (χ1) is 19.6. The van der Waals surface area contributed by atoms with Crippen LogP contribution in [-0.2, 0) is 11.3 Å². The summed E-state index contributed by atoms with van der Waals surface area (Å²) in [7, 11) is 0. The summed E-state index contributed by atoms with van der Waals surface area (Å²) in [6.07, 6.45) is 6.88. The van der Waals surface area contributed by atoms with Crippen LogP contribution < -0.4 is 0 Å². The maximum absolute atomic E-state index is 13.2. The second-order valence-electron chi connectivity index (χ2n) is 15.2. The van der Waals surface area contributed by atoms with Crippen molar-refractivity contribution in [1.29, 1.82) is 0 Å². The zero-order valence-corrected chi connectivity index (χ0v) is 25.6. The largest absolute Gasteiger partial charge is 0.393 e. The fraction of sp³-hybridized carbons (Fsp3) is 0.800. The number of carbonyl (C=O) groups excluding carboxylic acids is 1. The first-order valence-corrected chi connectivity index (χ1v) is 16.7. The molecule has 3 N–H and O–H groups in total. The molecule has 11 unspecified atom stereocenters. The molecule has 228 valence electrons. The molecule has 1 heterocycles. The van der Waals surface area contributed by atoms with Crippen LogP contribution >= 0.6 is 0 Å². The fourth-order valence-electron chi connectivity index (χ4n) is 10.8. The number of benzene rings is 1. The first kappa shape index (κ1) is 29.6. The molecule has 1 aromatic carbocycles. The Morgan fingerprint density at radius 3 is 2.41 bits per heavy atom. The molecular formula is C35H54N2O4. The van der Waals surface area contributed by atoms with Gasteiger partial charge >= 0.3 is 0 Å². The Hall–Kier alpha value is -1.47. The van der Waals surface area contributed by atoms with Crippen LogP contribution in [0.3, 0.4) is 0 Å². The zero-order chi connectivity index (χ0) is 28.9. The number of piperazine rings is 1. The molecule has 1 amide bonds. The van der Waals surface area contributed by atoms with E-state index < -0.39 is 0 Å². The lowest BCUT2D eigenvalue weighted by molar-refractivity contribution is -0.207. The SMILES string of the molecule is CC(CCC(=O)N1CCN(Cc2ccccc2)CC1)C1CCC2C3C(O)CC4CC(O)CCC4(C)C3CC(O)C12C. The molecule has 6 heteroatoms. The van der Waals surface area contributed by atoms with E-state index in [1.165, 1.54) is 5.56 Å². The Morgan fingerprint density at radius 2 is 1.68 bits per heavy atom. The van der Waals surface area contributed by atoms with Gasteiger partial charge in [-0.25, -0.2) is 0 Å². The third-order valence-corrected chi connectivity index (χ3v) is 13.3. The molecule has 1 aromatic rings. The Kier molecular flexibility index (Phi) is 8.34. The molecule has 0 spiro atoms. The molecular weight excluding hydrogens is 512 g/mol. The van der Waals surface area contributed by atoms with E-state index in [1.54, 1.807) is 0 Å². The van der Waals surface area contributed by atoms with E-state index in [-0.39, 0.29) is 41.0 Å². The highest BCUT2D eigenvalue weighted by molar-refractivity contribution is 5.76. The van der Waals surface area contributed by atoms with Gasteiger partial charge in [-0.2, -0.15) is 0 Å². The highest BCUT2D eigenvalue weighted by Gasteiger charge is 2.65. The van der Waals surface area contributed by atoms with Crippen molar-refractivity contribution in [3.05, 3.63) is 35.9 Å². The second-order valence-corrected chi connectivity index (χ2v) is 15.2. The fourth-order valence-corrected chi connectivity index (χ4v) is 10.8. The van der Waals surface area contributed by atoms with Gasteiger partial charge in [0.1, 0.15) is 0 Å². The minimum absolute atomic E-state index is 0.104. The van der Waals surface area contributed by atoms with Crippen LogP contribution in [0.1, 0.15) is 84.1 Å². The predicted molar refractivity (Wildman–Crippen MR) is 161 cm³/mol. The van der Waals surface area contributed by atoms with E-state index in [0.29, 0.717) is 36.0 Å². The number of nitrogens with zero attached hydrogens (tertiary/aromatic N) is 2. The first-order valence-electron chi connectivity index (χ1n) is 16.7. The molecule has 4 aliphatic carbocycles. The summed E-state index contributed by atoms with van der Waals surface area (Å²) < 4.78 is 0. The number of rotatable bonds is 6. The maximum atomic E-state index is 13.2. The topological polar surface area (TPSA) is 84.2 Å². The van der Waals surface area contributed by atoms with Crippen LogP contribution in [0, 0.1) is 46.3 Å². The van der Waals surface area contributed by atoms with Crippen molar-refractivity contribution < 1.29 is 20.1 Å². The quantitative estimate of drug-likeness (QED) is 0.465. The molecule has 1 aliphatic heterocycles. The summed E-state index contributed by atoms with van der Waals surface area (Å²) in [6.45, 7) is 11.4. The van der Waals surface area contributed by atoms with Gasteiger partial charge in [-0.15, -0.1) is 0 Å². The number of hydrogen-bond acceptors (Lipinski definition) is 5. The second kappa shape index (κ2) is 11.6. The molecule has 4 saturated carbocycles. The molecule has 5 fully saturated rings. The van der Waals surface area contributed by atoms with Gasteiger partial charge in [0.05, 0.1) is 18.3 Å². The molecule has 0 radical (unpaired) electrons. The third kappa shape index (κ3) is 5.30. The van der Waals surface area contributed by atoms with Crippen molar-refractivity contribution in [2.45, 2.75) is 103 Å². The van der Waals surface area contributed by atoms with Gasteiger partial charge in [0.25, 0.3) is 0 Å². The van der Waals surface area contributed by atoms with Gasteiger partial charge in [-0.3, -0.25) is 9.69 Å². The van der Waals surface area contributed by atoms with Crippen molar-refractivity contribution >= 4 is 5.91 Å². The Bertz CT molecular complexity index is 1060. The monoisotopic (exact) mass is 566 g/mol. The predicted octanol–water partition coefficient (Wildman–Crippen LogP) is 4.71. The van der Waals surface area contributed by atoms with Crippen LogP contribution in [0.5, 0.6) is 0 Å². The van der Waals surface area contributed by atoms with Gasteiger partial charge in [0.2, 0.25) is 5.91 Å². The van der Waals surface area contributed by atoms with Crippen molar-refractivity contribution in [3.63, 3.8) is 0 Å². The van der Waals surface area contributed by atoms with Crippen molar-refractivity contribution in [3.8, 4) is 0 Å². The van der Waals surface area contributed by atoms with Gasteiger partial charge in [-0.05, 0) is 103 Å². The van der Waals surface area contributed by atoms with Crippen LogP contribution in [0.4, 0.5) is 0 Å². The van der Waals surface area contributed by atoms with Crippen LogP contribution in [-0.4, -0.2) is 75.5 Å². The average molecular weight is 567 g/mol. The molecule has 11 atom stereocenters. The minimum Gasteiger partial charge on any atom is -0.393 e.